The highest BCUT2D eigenvalue weighted by Crippen LogP contribution is 2.33. The zero-order valence-electron chi connectivity index (χ0n) is 17.5. The summed E-state index contributed by atoms with van der Waals surface area (Å²) in [4.78, 5) is 11.7. The Morgan fingerprint density at radius 3 is 2.67 bits per heavy atom. The molecular formula is C20H27N5O4S. The summed E-state index contributed by atoms with van der Waals surface area (Å²) in [5.74, 6) is 2.41. The van der Waals surface area contributed by atoms with Crippen LogP contribution in [0.3, 0.4) is 0 Å². The molecule has 0 radical (unpaired) electrons. The van der Waals surface area contributed by atoms with Gasteiger partial charge in [-0.05, 0) is 38.6 Å². The van der Waals surface area contributed by atoms with Gasteiger partial charge in [0.15, 0.2) is 11.5 Å². The number of ether oxygens (including phenoxy) is 2. The van der Waals surface area contributed by atoms with Gasteiger partial charge in [0.25, 0.3) is 0 Å². The molecule has 9 nitrogen and oxygen atoms in total. The third-order valence-corrected chi connectivity index (χ3v) is 7.28. The zero-order valence-corrected chi connectivity index (χ0v) is 18.3. The molecule has 0 bridgehead atoms. The van der Waals surface area contributed by atoms with Gasteiger partial charge in [-0.15, -0.1) is 0 Å². The van der Waals surface area contributed by atoms with E-state index in [0.29, 0.717) is 36.2 Å². The van der Waals surface area contributed by atoms with E-state index in [9.17, 15) is 8.42 Å². The third-order valence-electron chi connectivity index (χ3n) is 5.48. The Balaban J connectivity index is 1.59. The van der Waals surface area contributed by atoms with Crippen LogP contribution in [0, 0.1) is 0 Å². The Kier molecular flexibility index (Phi) is 5.81. The number of nitrogens with zero attached hydrogens (tertiary/aromatic N) is 4. The Hall–Kier alpha value is -2.43. The number of hydrogen-bond acceptors (Lipinski definition) is 8. The molecule has 2 aliphatic rings. The second kappa shape index (κ2) is 8.37. The lowest BCUT2D eigenvalue weighted by molar-refractivity contribution is 0.171. The number of fused-ring (bicyclic) bond motifs is 1. The summed E-state index contributed by atoms with van der Waals surface area (Å²) in [6, 6.07) is 6.62. The molecule has 0 saturated carbocycles. The minimum atomic E-state index is -3.73. The molecule has 1 N–H and O–H groups in total. The monoisotopic (exact) mass is 433 g/mol. The average molecular weight is 434 g/mol. The summed E-state index contributed by atoms with van der Waals surface area (Å²) in [6.07, 6.45) is 2.09. The van der Waals surface area contributed by atoms with Crippen molar-refractivity contribution in [3.05, 3.63) is 35.8 Å². The molecule has 1 saturated heterocycles. The van der Waals surface area contributed by atoms with E-state index in [-0.39, 0.29) is 17.5 Å². The predicted octanol–water partition coefficient (Wildman–Crippen LogP) is 1.88. The van der Waals surface area contributed by atoms with Crippen molar-refractivity contribution in [1.82, 2.24) is 19.2 Å². The SMILES string of the molecule is CNc1cc(CN(C)S(=O)(=O)c2ccc3c(c2)OCCO3)nc([C@@H]2CCCN2C)n1. The van der Waals surface area contributed by atoms with E-state index in [1.54, 1.807) is 26.2 Å². The fourth-order valence-corrected chi connectivity index (χ4v) is 4.95. The molecule has 1 aromatic carbocycles. The molecule has 10 heteroatoms. The van der Waals surface area contributed by atoms with Crippen LogP contribution in [-0.4, -0.2) is 68.5 Å². The number of nitrogens with one attached hydrogen (secondary N) is 1. The first kappa shape index (κ1) is 20.8. The quantitative estimate of drug-likeness (QED) is 0.738. The van der Waals surface area contributed by atoms with E-state index >= 15 is 0 Å². The molecule has 0 spiro atoms. The van der Waals surface area contributed by atoms with Crippen molar-refractivity contribution >= 4 is 15.8 Å². The highest BCUT2D eigenvalue weighted by Gasteiger charge is 2.28. The Morgan fingerprint density at radius 1 is 1.20 bits per heavy atom. The lowest BCUT2D eigenvalue weighted by atomic mass is 10.2. The van der Waals surface area contributed by atoms with Gasteiger partial charge in [-0.25, -0.2) is 18.4 Å². The zero-order chi connectivity index (χ0) is 21.3. The maximum Gasteiger partial charge on any atom is 0.243 e. The van der Waals surface area contributed by atoms with Gasteiger partial charge in [-0.1, -0.05) is 0 Å². The largest absolute Gasteiger partial charge is 0.486 e. The molecule has 1 fully saturated rings. The number of rotatable bonds is 6. The van der Waals surface area contributed by atoms with Gasteiger partial charge in [0, 0.05) is 26.2 Å². The van der Waals surface area contributed by atoms with Crippen LogP contribution in [0.4, 0.5) is 5.82 Å². The van der Waals surface area contributed by atoms with Crippen LogP contribution in [-0.2, 0) is 16.6 Å². The average Bonchev–Trinajstić information content (AvgIpc) is 3.19. The van der Waals surface area contributed by atoms with Crippen LogP contribution in [0.25, 0.3) is 0 Å². The van der Waals surface area contributed by atoms with E-state index < -0.39 is 10.0 Å². The second-order valence-corrected chi connectivity index (χ2v) is 9.60. The van der Waals surface area contributed by atoms with Crippen LogP contribution < -0.4 is 14.8 Å². The van der Waals surface area contributed by atoms with Crippen LogP contribution in [0.2, 0.25) is 0 Å². The highest BCUT2D eigenvalue weighted by molar-refractivity contribution is 7.89. The van der Waals surface area contributed by atoms with E-state index in [2.05, 4.69) is 27.2 Å². The molecule has 0 aliphatic carbocycles. The topological polar surface area (TPSA) is 96.9 Å². The van der Waals surface area contributed by atoms with Crippen molar-refractivity contribution in [1.29, 1.82) is 0 Å². The van der Waals surface area contributed by atoms with Crippen LogP contribution in [0.1, 0.15) is 30.4 Å². The van der Waals surface area contributed by atoms with E-state index in [0.717, 1.165) is 25.2 Å². The first-order chi connectivity index (χ1) is 14.4. The molecule has 30 heavy (non-hydrogen) atoms. The molecule has 0 unspecified atom stereocenters. The number of benzene rings is 1. The summed E-state index contributed by atoms with van der Waals surface area (Å²) >= 11 is 0. The highest BCUT2D eigenvalue weighted by atomic mass is 32.2. The molecule has 0 amide bonds. The van der Waals surface area contributed by atoms with Crippen molar-refractivity contribution in [3.63, 3.8) is 0 Å². The molecule has 2 aliphatic heterocycles. The Morgan fingerprint density at radius 2 is 1.97 bits per heavy atom. The second-order valence-electron chi connectivity index (χ2n) is 7.56. The van der Waals surface area contributed by atoms with E-state index in [1.165, 1.54) is 16.4 Å². The van der Waals surface area contributed by atoms with Crippen LogP contribution in [0.15, 0.2) is 29.2 Å². The minimum Gasteiger partial charge on any atom is -0.486 e. The first-order valence-electron chi connectivity index (χ1n) is 10.0. The van der Waals surface area contributed by atoms with Gasteiger partial charge < -0.3 is 14.8 Å². The lowest BCUT2D eigenvalue weighted by Crippen LogP contribution is -2.28. The van der Waals surface area contributed by atoms with Gasteiger partial charge >= 0.3 is 0 Å². The molecule has 3 heterocycles. The number of aromatic nitrogens is 2. The molecule has 4 rings (SSSR count). The summed E-state index contributed by atoms with van der Waals surface area (Å²) in [6.45, 7) is 2.00. The minimum absolute atomic E-state index is 0.136. The van der Waals surface area contributed by atoms with E-state index in [4.69, 9.17) is 9.47 Å². The first-order valence-corrected chi connectivity index (χ1v) is 11.4. The van der Waals surface area contributed by atoms with Crippen molar-refractivity contribution in [2.24, 2.45) is 0 Å². The van der Waals surface area contributed by atoms with Crippen LogP contribution >= 0.6 is 0 Å². The molecule has 2 aromatic rings. The van der Waals surface area contributed by atoms with Crippen LogP contribution in [0.5, 0.6) is 11.5 Å². The normalized spacial score (nSPS) is 19.3. The Labute approximate surface area is 177 Å². The van der Waals surface area contributed by atoms with Gasteiger partial charge in [0.05, 0.1) is 23.2 Å². The fourth-order valence-electron chi connectivity index (χ4n) is 3.79. The number of anilines is 1. The Bertz CT molecular complexity index is 1030. The van der Waals surface area contributed by atoms with Gasteiger partial charge in [-0.3, -0.25) is 4.90 Å². The van der Waals surface area contributed by atoms with Crippen molar-refractivity contribution in [2.75, 3.05) is 46.2 Å². The van der Waals surface area contributed by atoms with Gasteiger partial charge in [-0.2, -0.15) is 4.31 Å². The van der Waals surface area contributed by atoms with Crippen molar-refractivity contribution < 1.29 is 17.9 Å². The van der Waals surface area contributed by atoms with E-state index in [1.807, 2.05) is 0 Å². The molecule has 1 atom stereocenters. The molecule has 1 aromatic heterocycles. The fraction of sp³-hybridized carbons (Fsp3) is 0.500. The number of likely N-dealkylation sites (tertiary alicyclic amines) is 1. The molecular weight excluding hydrogens is 406 g/mol. The number of sulfonamides is 1. The lowest BCUT2D eigenvalue weighted by Gasteiger charge is -2.22. The summed E-state index contributed by atoms with van der Waals surface area (Å²) in [7, 11) is 1.68. The summed E-state index contributed by atoms with van der Waals surface area (Å²) in [5.41, 5.74) is 0.647. The maximum atomic E-state index is 13.1. The van der Waals surface area contributed by atoms with Crippen molar-refractivity contribution in [2.45, 2.75) is 30.3 Å². The predicted molar refractivity (Wildman–Crippen MR) is 112 cm³/mol. The standard InChI is InChI=1S/C20H27N5O4S/c1-21-19-11-14(22-20(23-19)16-5-4-8-24(16)2)13-25(3)30(26,27)15-6-7-17-18(12-15)29-10-9-28-17/h6-7,11-12,16H,4-5,8-10,13H2,1-3H3,(H,21,22,23)/t16-/m0/s1. The third kappa shape index (κ3) is 4.07. The van der Waals surface area contributed by atoms with Gasteiger partial charge in [0.2, 0.25) is 10.0 Å². The van der Waals surface area contributed by atoms with Crippen molar-refractivity contribution in [3.8, 4) is 11.5 Å². The molecule has 162 valence electrons. The van der Waals surface area contributed by atoms with Gasteiger partial charge in [0.1, 0.15) is 24.9 Å². The number of hydrogen-bond donors (Lipinski definition) is 1. The summed E-state index contributed by atoms with van der Waals surface area (Å²) < 4.78 is 38.6. The summed E-state index contributed by atoms with van der Waals surface area (Å²) in [5, 5.41) is 3.06. The smallest absolute Gasteiger partial charge is 0.243 e. The maximum absolute atomic E-state index is 13.1.